The first-order valence-corrected chi connectivity index (χ1v) is 13.7. The van der Waals surface area contributed by atoms with Gasteiger partial charge in [0, 0.05) is 47.7 Å². The number of carbonyl (C=O) groups excluding carboxylic acids is 1. The molecule has 202 valence electrons. The molecular formula is C31H38N2O5. The Labute approximate surface area is 224 Å². The minimum Gasteiger partial charge on any atom is -0.496 e. The van der Waals surface area contributed by atoms with Gasteiger partial charge in [0.2, 0.25) is 0 Å². The summed E-state index contributed by atoms with van der Waals surface area (Å²) < 4.78 is 22.4. The number of H-pyrrole nitrogens is 1. The molecule has 0 spiro atoms. The number of methoxy groups -OCH3 is 4. The molecule has 7 rings (SSSR count). The molecule has 4 bridgehead atoms. The number of fused-ring (bicyclic) bond motifs is 4. The van der Waals surface area contributed by atoms with Crippen LogP contribution in [0.25, 0.3) is 10.9 Å². The van der Waals surface area contributed by atoms with Gasteiger partial charge in [-0.1, -0.05) is 19.4 Å². The highest BCUT2D eigenvalue weighted by Crippen LogP contribution is 2.55. The minimum absolute atomic E-state index is 0.0948. The Kier molecular flexibility index (Phi) is 6.29. The Hall–Kier alpha value is -3.19. The number of rotatable bonds is 7. The highest BCUT2D eigenvalue weighted by molar-refractivity contribution is 5.93. The van der Waals surface area contributed by atoms with Crippen LogP contribution in [-0.4, -0.2) is 63.4 Å². The van der Waals surface area contributed by atoms with Gasteiger partial charge in [-0.05, 0) is 66.5 Å². The number of piperidine rings is 2. The van der Waals surface area contributed by atoms with Crippen LogP contribution in [0, 0.1) is 11.8 Å². The third-order valence-corrected chi connectivity index (χ3v) is 9.40. The van der Waals surface area contributed by atoms with E-state index in [0.29, 0.717) is 29.8 Å². The highest BCUT2D eigenvalue weighted by Gasteiger charge is 2.62. The molecule has 5 unspecified atom stereocenters. The van der Waals surface area contributed by atoms with Gasteiger partial charge < -0.3 is 23.9 Å². The second-order valence-corrected chi connectivity index (χ2v) is 11.2. The summed E-state index contributed by atoms with van der Waals surface area (Å²) in [6.45, 7) is 4.31. The smallest absolute Gasteiger partial charge is 0.319 e. The molecule has 3 fully saturated rings. The van der Waals surface area contributed by atoms with Gasteiger partial charge in [-0.2, -0.15) is 0 Å². The van der Waals surface area contributed by atoms with Gasteiger partial charge in [-0.25, -0.2) is 0 Å². The summed E-state index contributed by atoms with van der Waals surface area (Å²) in [5, 5.41) is 1.15. The molecule has 38 heavy (non-hydrogen) atoms. The number of nitrogens with zero attached hydrogens (tertiary/aromatic N) is 1. The number of hydrogen-bond acceptors (Lipinski definition) is 6. The van der Waals surface area contributed by atoms with Crippen molar-refractivity contribution in [3.63, 3.8) is 0 Å². The lowest BCUT2D eigenvalue weighted by molar-refractivity contribution is -0.162. The highest BCUT2D eigenvalue weighted by atomic mass is 16.5. The number of benzene rings is 2. The van der Waals surface area contributed by atoms with Crippen LogP contribution in [0.4, 0.5) is 0 Å². The molecule has 1 saturated carbocycles. The van der Waals surface area contributed by atoms with Crippen LogP contribution < -0.4 is 14.2 Å². The van der Waals surface area contributed by atoms with E-state index in [0.717, 1.165) is 65.8 Å². The zero-order valence-electron chi connectivity index (χ0n) is 23.1. The summed E-state index contributed by atoms with van der Waals surface area (Å²) in [4.78, 5) is 20.1. The molecule has 7 nitrogen and oxygen atoms in total. The van der Waals surface area contributed by atoms with Crippen LogP contribution in [0.15, 0.2) is 30.3 Å². The van der Waals surface area contributed by atoms with Crippen LogP contribution in [0.3, 0.4) is 0 Å². The van der Waals surface area contributed by atoms with Crippen LogP contribution in [0.1, 0.15) is 48.6 Å². The molecule has 3 aromatic rings. The van der Waals surface area contributed by atoms with Gasteiger partial charge in [0.05, 0.1) is 28.4 Å². The Balaban J connectivity index is 1.49. The van der Waals surface area contributed by atoms with Gasteiger partial charge in [-0.3, -0.25) is 9.69 Å². The first kappa shape index (κ1) is 25.1. The molecule has 1 N–H and O–H groups in total. The lowest BCUT2D eigenvalue weighted by Crippen LogP contribution is -2.67. The minimum atomic E-state index is -0.655. The molecule has 5 atom stereocenters. The fourth-order valence-electron chi connectivity index (χ4n) is 7.93. The maximum Gasteiger partial charge on any atom is 0.319 e. The van der Waals surface area contributed by atoms with E-state index in [4.69, 9.17) is 18.9 Å². The number of hydrogen-bond donors (Lipinski definition) is 1. The van der Waals surface area contributed by atoms with E-state index in [-0.39, 0.29) is 12.0 Å². The van der Waals surface area contributed by atoms with Crippen molar-refractivity contribution >= 4 is 16.9 Å². The predicted molar refractivity (Wildman–Crippen MR) is 146 cm³/mol. The summed E-state index contributed by atoms with van der Waals surface area (Å²) in [5.41, 5.74) is 4.89. The van der Waals surface area contributed by atoms with E-state index in [9.17, 15) is 4.79 Å². The molecule has 0 radical (unpaired) electrons. The van der Waals surface area contributed by atoms with E-state index in [1.807, 2.05) is 12.1 Å². The Bertz CT molecular complexity index is 1380. The number of nitrogens with one attached hydrogen (secondary N) is 1. The topological polar surface area (TPSA) is 73.0 Å². The third kappa shape index (κ3) is 3.62. The maximum absolute atomic E-state index is 13.8. The Morgan fingerprint density at radius 2 is 1.84 bits per heavy atom. The Morgan fingerprint density at radius 1 is 1.05 bits per heavy atom. The summed E-state index contributed by atoms with van der Waals surface area (Å²) in [5.74, 6) is 3.18. The van der Waals surface area contributed by atoms with E-state index in [2.05, 4.69) is 35.0 Å². The fraction of sp³-hybridized carbons (Fsp3) is 0.516. The zero-order chi connectivity index (χ0) is 26.6. The fourth-order valence-corrected chi connectivity index (χ4v) is 7.93. The van der Waals surface area contributed by atoms with Crippen molar-refractivity contribution < 1.29 is 23.7 Å². The molecular weight excluding hydrogens is 480 g/mol. The molecule has 1 aliphatic carbocycles. The molecule has 0 amide bonds. The summed E-state index contributed by atoms with van der Waals surface area (Å²) >= 11 is 0. The first-order chi connectivity index (χ1) is 18.5. The third-order valence-electron chi connectivity index (χ3n) is 9.40. The molecule has 7 heteroatoms. The van der Waals surface area contributed by atoms with E-state index >= 15 is 0 Å². The average molecular weight is 519 g/mol. The quantitative estimate of drug-likeness (QED) is 0.450. The standard InChI is InChI=1S/C31H38N2O5/c1-6-20-12-19-16-31(30(34)38-5)28-22(9-10-33(17-19)29(20)31)23-15-26(36-3)21(14-24(23)32-28)11-18-7-8-25(35-2)27(13-18)37-4/h7-8,13-15,19-20,29,32H,6,9-12,16-17H2,1-5H3. The Morgan fingerprint density at radius 3 is 2.55 bits per heavy atom. The molecule has 1 aromatic heterocycles. The van der Waals surface area contributed by atoms with Crippen molar-refractivity contribution in [1.29, 1.82) is 0 Å². The normalized spacial score (nSPS) is 27.5. The van der Waals surface area contributed by atoms with Crippen molar-refractivity contribution in [1.82, 2.24) is 9.88 Å². The summed E-state index contributed by atoms with van der Waals surface area (Å²) in [6.07, 6.45) is 4.73. The van der Waals surface area contributed by atoms with Crippen molar-refractivity contribution in [2.24, 2.45) is 11.8 Å². The van der Waals surface area contributed by atoms with E-state index in [1.54, 1.807) is 28.4 Å². The van der Waals surface area contributed by atoms with E-state index in [1.165, 1.54) is 12.0 Å². The SMILES string of the molecule is CCC1CC2CN3CCc4c([nH]c5cc(Cc6ccc(OC)c(OC)c6)c(OC)cc45)C(C(=O)OC)(C2)C13. The lowest BCUT2D eigenvalue weighted by atomic mass is 9.56. The monoisotopic (exact) mass is 518 g/mol. The average Bonchev–Trinajstić information content (AvgIpc) is 3.27. The number of carbonyl (C=O) groups is 1. The molecule has 4 aliphatic rings. The molecule has 2 aromatic carbocycles. The van der Waals surface area contributed by atoms with Gasteiger partial charge in [0.15, 0.2) is 11.5 Å². The van der Waals surface area contributed by atoms with Gasteiger partial charge in [0.25, 0.3) is 0 Å². The molecule has 3 aliphatic heterocycles. The van der Waals surface area contributed by atoms with Crippen LogP contribution in [0.5, 0.6) is 17.2 Å². The second-order valence-electron chi connectivity index (χ2n) is 11.2. The summed E-state index contributed by atoms with van der Waals surface area (Å²) in [7, 11) is 6.57. The van der Waals surface area contributed by atoms with Gasteiger partial charge in [0.1, 0.15) is 11.2 Å². The number of aromatic nitrogens is 1. The first-order valence-electron chi connectivity index (χ1n) is 13.7. The number of aromatic amines is 1. The number of esters is 1. The van der Waals surface area contributed by atoms with Crippen molar-refractivity contribution in [3.8, 4) is 17.2 Å². The lowest BCUT2D eigenvalue weighted by Gasteiger charge is -2.57. The predicted octanol–water partition coefficient (Wildman–Crippen LogP) is 4.87. The van der Waals surface area contributed by atoms with Crippen molar-refractivity contribution in [2.75, 3.05) is 41.5 Å². The van der Waals surface area contributed by atoms with Crippen LogP contribution in [0.2, 0.25) is 0 Å². The van der Waals surface area contributed by atoms with Crippen LogP contribution >= 0.6 is 0 Å². The number of ether oxygens (including phenoxy) is 4. The second kappa shape index (κ2) is 9.53. The molecule has 4 heterocycles. The van der Waals surface area contributed by atoms with Crippen LogP contribution in [-0.2, 0) is 27.8 Å². The van der Waals surface area contributed by atoms with Gasteiger partial charge in [-0.15, -0.1) is 0 Å². The van der Waals surface area contributed by atoms with Crippen molar-refractivity contribution in [2.45, 2.75) is 50.5 Å². The largest absolute Gasteiger partial charge is 0.496 e. The zero-order valence-corrected chi connectivity index (χ0v) is 23.1. The maximum atomic E-state index is 13.8. The van der Waals surface area contributed by atoms with Crippen molar-refractivity contribution in [3.05, 3.63) is 52.7 Å². The van der Waals surface area contributed by atoms with Gasteiger partial charge >= 0.3 is 5.97 Å². The summed E-state index contributed by atoms with van der Waals surface area (Å²) in [6, 6.07) is 10.5. The molecule has 2 saturated heterocycles. The van der Waals surface area contributed by atoms with E-state index < -0.39 is 5.41 Å².